The van der Waals surface area contributed by atoms with Crippen LogP contribution < -0.4 is 5.32 Å². The zero-order valence-electron chi connectivity index (χ0n) is 13.7. The maximum absolute atomic E-state index is 12.5. The topological polar surface area (TPSA) is 88.9 Å². The van der Waals surface area contributed by atoms with Crippen LogP contribution in [0.3, 0.4) is 0 Å². The molecular weight excluding hydrogens is 324 g/mol. The molecule has 25 heavy (non-hydrogen) atoms. The van der Waals surface area contributed by atoms with Crippen LogP contribution in [0, 0.1) is 6.92 Å². The number of benzene rings is 1. The van der Waals surface area contributed by atoms with E-state index in [1.807, 2.05) is 31.2 Å². The van der Waals surface area contributed by atoms with E-state index < -0.39 is 17.9 Å². The Morgan fingerprint density at radius 1 is 1.24 bits per heavy atom. The second-order valence-corrected chi connectivity index (χ2v) is 5.49. The lowest BCUT2D eigenvalue weighted by molar-refractivity contribution is -0.123. The lowest BCUT2D eigenvalue weighted by Gasteiger charge is -2.09. The van der Waals surface area contributed by atoms with Gasteiger partial charge in [-0.05, 0) is 36.3 Å². The molecule has 128 valence electrons. The lowest BCUT2D eigenvalue weighted by atomic mass is 10.1. The van der Waals surface area contributed by atoms with Gasteiger partial charge in [-0.2, -0.15) is 0 Å². The van der Waals surface area contributed by atoms with E-state index in [1.54, 1.807) is 6.08 Å². The third-order valence-electron chi connectivity index (χ3n) is 3.81. The van der Waals surface area contributed by atoms with Crippen LogP contribution in [0.2, 0.25) is 0 Å². The van der Waals surface area contributed by atoms with Crippen LogP contribution in [0.1, 0.15) is 27.4 Å². The Kier molecular flexibility index (Phi) is 4.38. The summed E-state index contributed by atoms with van der Waals surface area (Å²) in [7, 11) is 1.24. The van der Waals surface area contributed by atoms with E-state index in [4.69, 9.17) is 4.42 Å². The molecule has 7 heteroatoms. The van der Waals surface area contributed by atoms with Crippen molar-refractivity contribution in [1.29, 1.82) is 0 Å². The van der Waals surface area contributed by atoms with E-state index in [-0.39, 0.29) is 18.0 Å². The second kappa shape index (κ2) is 6.64. The van der Waals surface area contributed by atoms with Gasteiger partial charge < -0.3 is 14.5 Å². The van der Waals surface area contributed by atoms with Crippen LogP contribution in [0.15, 0.2) is 46.5 Å². The zero-order chi connectivity index (χ0) is 18.0. The molecule has 0 saturated carbocycles. The molecule has 0 unspecified atom stereocenters. The number of aryl methyl sites for hydroxylation is 1. The Morgan fingerprint density at radius 2 is 2.00 bits per heavy atom. The molecule has 7 nitrogen and oxygen atoms in total. The summed E-state index contributed by atoms with van der Waals surface area (Å²) >= 11 is 0. The number of methoxy groups -OCH3 is 1. The number of ether oxygens (including phenoxy) is 1. The van der Waals surface area contributed by atoms with Crippen LogP contribution >= 0.6 is 0 Å². The Balaban J connectivity index is 1.79. The SMILES string of the molecule is COC(=O)c1ccc(CN2C(=O)N/C(=C\c3ccccc3C)C2=O)o1. The highest BCUT2D eigenvalue weighted by molar-refractivity contribution is 6.13. The summed E-state index contributed by atoms with van der Waals surface area (Å²) in [5, 5.41) is 2.56. The van der Waals surface area contributed by atoms with Crippen molar-refractivity contribution in [3.05, 3.63) is 64.7 Å². The van der Waals surface area contributed by atoms with E-state index in [9.17, 15) is 14.4 Å². The first-order valence-electron chi connectivity index (χ1n) is 7.57. The van der Waals surface area contributed by atoms with Gasteiger partial charge in [0.1, 0.15) is 11.5 Å². The van der Waals surface area contributed by atoms with Gasteiger partial charge in [0.05, 0.1) is 13.7 Å². The summed E-state index contributed by atoms with van der Waals surface area (Å²) in [5.41, 5.74) is 2.03. The number of carbonyl (C=O) groups is 3. The fourth-order valence-corrected chi connectivity index (χ4v) is 2.45. The van der Waals surface area contributed by atoms with Crippen molar-refractivity contribution in [2.45, 2.75) is 13.5 Å². The van der Waals surface area contributed by atoms with Crippen molar-refractivity contribution in [2.75, 3.05) is 7.11 Å². The monoisotopic (exact) mass is 340 g/mol. The van der Waals surface area contributed by atoms with Gasteiger partial charge in [-0.25, -0.2) is 9.59 Å². The van der Waals surface area contributed by atoms with Crippen LogP contribution in [0.5, 0.6) is 0 Å². The van der Waals surface area contributed by atoms with E-state index in [0.29, 0.717) is 5.76 Å². The number of hydrogen-bond donors (Lipinski definition) is 1. The molecule has 0 bridgehead atoms. The summed E-state index contributed by atoms with van der Waals surface area (Å²) in [5.74, 6) is -0.755. The molecule has 1 N–H and O–H groups in total. The fourth-order valence-electron chi connectivity index (χ4n) is 2.45. The van der Waals surface area contributed by atoms with Gasteiger partial charge in [-0.3, -0.25) is 9.69 Å². The highest BCUT2D eigenvalue weighted by Crippen LogP contribution is 2.19. The molecule has 1 aliphatic rings. The number of rotatable bonds is 4. The first-order valence-corrected chi connectivity index (χ1v) is 7.57. The molecule has 3 amide bonds. The van der Waals surface area contributed by atoms with E-state index in [2.05, 4.69) is 10.1 Å². The highest BCUT2D eigenvalue weighted by atomic mass is 16.5. The third-order valence-corrected chi connectivity index (χ3v) is 3.81. The molecule has 0 radical (unpaired) electrons. The molecule has 1 saturated heterocycles. The number of hydrogen-bond acceptors (Lipinski definition) is 5. The van der Waals surface area contributed by atoms with Crippen LogP contribution in [0.4, 0.5) is 4.79 Å². The van der Waals surface area contributed by atoms with Crippen molar-refractivity contribution in [3.8, 4) is 0 Å². The predicted molar refractivity (Wildman–Crippen MR) is 88.3 cm³/mol. The molecule has 0 aliphatic carbocycles. The summed E-state index contributed by atoms with van der Waals surface area (Å²) < 4.78 is 9.85. The first kappa shape index (κ1) is 16.5. The smallest absolute Gasteiger partial charge is 0.373 e. The Labute approximate surface area is 143 Å². The molecular formula is C18H16N2O5. The Morgan fingerprint density at radius 3 is 2.72 bits per heavy atom. The zero-order valence-corrected chi connectivity index (χ0v) is 13.7. The standard InChI is InChI=1S/C18H16N2O5/c1-11-5-3-4-6-12(11)9-14-16(21)20(18(23)19-14)10-13-7-8-15(25-13)17(22)24-2/h3-9H,10H2,1-2H3,(H,19,23)/b14-9-. The van der Waals surface area contributed by atoms with Crippen LogP contribution in [0.25, 0.3) is 6.08 Å². The second-order valence-electron chi connectivity index (χ2n) is 5.49. The summed E-state index contributed by atoms with van der Waals surface area (Å²) in [4.78, 5) is 37.0. The maximum Gasteiger partial charge on any atom is 0.373 e. The van der Waals surface area contributed by atoms with Gasteiger partial charge in [0.15, 0.2) is 0 Å². The lowest BCUT2D eigenvalue weighted by Crippen LogP contribution is -2.30. The van der Waals surface area contributed by atoms with E-state index in [0.717, 1.165) is 16.0 Å². The van der Waals surface area contributed by atoms with Crippen LogP contribution in [-0.4, -0.2) is 29.9 Å². The predicted octanol–water partition coefficient (Wildman–Crippen LogP) is 2.47. The molecule has 0 atom stereocenters. The summed E-state index contributed by atoms with van der Waals surface area (Å²) in [6, 6.07) is 9.95. The first-order chi connectivity index (χ1) is 12.0. The number of nitrogens with one attached hydrogen (secondary N) is 1. The summed E-state index contributed by atoms with van der Waals surface area (Å²) in [6.45, 7) is 1.84. The fraction of sp³-hybridized carbons (Fsp3) is 0.167. The molecule has 3 rings (SSSR count). The van der Waals surface area contributed by atoms with Gasteiger partial charge in [0.2, 0.25) is 5.76 Å². The van der Waals surface area contributed by atoms with Crippen molar-refractivity contribution < 1.29 is 23.5 Å². The van der Waals surface area contributed by atoms with Crippen molar-refractivity contribution >= 4 is 24.0 Å². The number of urea groups is 1. The van der Waals surface area contributed by atoms with Crippen LogP contribution in [-0.2, 0) is 16.1 Å². The normalized spacial score (nSPS) is 15.6. The largest absolute Gasteiger partial charge is 0.463 e. The van der Waals surface area contributed by atoms with Gasteiger partial charge >= 0.3 is 12.0 Å². The molecule has 2 heterocycles. The van der Waals surface area contributed by atoms with Crippen molar-refractivity contribution in [1.82, 2.24) is 10.2 Å². The Hall–Kier alpha value is -3.35. The molecule has 0 spiro atoms. The van der Waals surface area contributed by atoms with Crippen molar-refractivity contribution in [3.63, 3.8) is 0 Å². The molecule has 1 aliphatic heterocycles. The van der Waals surface area contributed by atoms with Gasteiger partial charge in [0, 0.05) is 0 Å². The highest BCUT2D eigenvalue weighted by Gasteiger charge is 2.34. The minimum absolute atomic E-state index is 0.0141. The molecule has 1 aromatic carbocycles. The number of carbonyl (C=O) groups excluding carboxylic acids is 3. The van der Waals surface area contributed by atoms with E-state index >= 15 is 0 Å². The number of imide groups is 1. The summed E-state index contributed by atoms with van der Waals surface area (Å²) in [6.07, 6.45) is 1.64. The molecule has 2 aromatic rings. The van der Waals surface area contributed by atoms with Crippen molar-refractivity contribution in [2.24, 2.45) is 0 Å². The van der Waals surface area contributed by atoms with Gasteiger partial charge in [-0.15, -0.1) is 0 Å². The average Bonchev–Trinajstić information content (AvgIpc) is 3.17. The number of nitrogens with zero attached hydrogens (tertiary/aromatic N) is 1. The van der Waals surface area contributed by atoms with Gasteiger partial charge in [-0.1, -0.05) is 24.3 Å². The number of esters is 1. The average molecular weight is 340 g/mol. The molecule has 1 fully saturated rings. The van der Waals surface area contributed by atoms with Gasteiger partial charge in [0.25, 0.3) is 5.91 Å². The minimum atomic E-state index is -0.622. The molecule has 1 aromatic heterocycles. The minimum Gasteiger partial charge on any atom is -0.463 e. The quantitative estimate of drug-likeness (QED) is 0.525. The Bertz CT molecular complexity index is 881. The number of furan rings is 1. The number of amides is 3. The van der Waals surface area contributed by atoms with E-state index in [1.165, 1.54) is 19.2 Å². The maximum atomic E-state index is 12.5. The third kappa shape index (κ3) is 3.30.